The minimum Gasteiger partial charge on any atom is -0.495 e. The van der Waals surface area contributed by atoms with Crippen molar-refractivity contribution in [3.63, 3.8) is 0 Å². The van der Waals surface area contributed by atoms with Gasteiger partial charge in [-0.3, -0.25) is 0 Å². The van der Waals surface area contributed by atoms with Crippen molar-refractivity contribution < 1.29 is 13.2 Å². The summed E-state index contributed by atoms with van der Waals surface area (Å²) in [5.74, 6) is 0.436. The molecule has 2 aromatic rings. The maximum absolute atomic E-state index is 12.5. The van der Waals surface area contributed by atoms with Crippen LogP contribution in [-0.2, 0) is 10.0 Å². The molecule has 23 heavy (non-hydrogen) atoms. The highest BCUT2D eigenvalue weighted by atomic mass is 35.5. The van der Waals surface area contributed by atoms with E-state index in [-0.39, 0.29) is 16.0 Å². The zero-order valence-corrected chi connectivity index (χ0v) is 15.4. The molecule has 0 saturated carbocycles. The second kappa shape index (κ2) is 7.57. The summed E-state index contributed by atoms with van der Waals surface area (Å²) in [5, 5.41) is 0.257. The van der Waals surface area contributed by atoms with Gasteiger partial charge in [-0.2, -0.15) is 0 Å². The first-order valence-corrected chi connectivity index (χ1v) is 9.96. The van der Waals surface area contributed by atoms with E-state index >= 15 is 0 Å². The monoisotopic (exact) mass is 371 g/mol. The Bertz CT molecular complexity index is 776. The van der Waals surface area contributed by atoms with Crippen LogP contribution in [0.2, 0.25) is 5.02 Å². The van der Waals surface area contributed by atoms with Crippen molar-refractivity contribution >= 4 is 33.4 Å². The van der Waals surface area contributed by atoms with Crippen LogP contribution in [-0.4, -0.2) is 21.8 Å². The number of rotatable bonds is 6. The molecule has 2 aromatic carbocycles. The highest BCUT2D eigenvalue weighted by Gasteiger charge is 2.19. The number of halogens is 1. The molecule has 0 fully saturated rings. The van der Waals surface area contributed by atoms with Gasteiger partial charge in [0, 0.05) is 10.9 Å². The molecule has 2 rings (SSSR count). The first-order valence-electron chi connectivity index (χ1n) is 6.87. The molecule has 1 N–H and O–H groups in total. The van der Waals surface area contributed by atoms with E-state index < -0.39 is 10.0 Å². The van der Waals surface area contributed by atoms with Gasteiger partial charge in [-0.1, -0.05) is 23.7 Å². The molecule has 0 heterocycles. The lowest BCUT2D eigenvalue weighted by molar-refractivity contribution is 0.414. The lowest BCUT2D eigenvalue weighted by Gasteiger charge is -2.15. The molecule has 4 nitrogen and oxygen atoms in total. The van der Waals surface area contributed by atoms with Crippen LogP contribution < -0.4 is 9.46 Å². The van der Waals surface area contributed by atoms with Crippen LogP contribution in [0.1, 0.15) is 18.5 Å². The molecule has 1 atom stereocenters. The summed E-state index contributed by atoms with van der Waals surface area (Å²) in [6.07, 6.45) is 1.99. The summed E-state index contributed by atoms with van der Waals surface area (Å²) in [7, 11) is -2.19. The molecule has 0 aliphatic rings. The minimum atomic E-state index is -3.67. The second-order valence-corrected chi connectivity index (χ2v) is 7.91. The van der Waals surface area contributed by atoms with Crippen molar-refractivity contribution in [2.75, 3.05) is 13.4 Å². The molecular formula is C16H18ClNO3S2. The Morgan fingerprint density at radius 2 is 1.83 bits per heavy atom. The number of hydrogen-bond acceptors (Lipinski definition) is 4. The van der Waals surface area contributed by atoms with E-state index in [0.717, 1.165) is 10.5 Å². The largest absolute Gasteiger partial charge is 0.495 e. The summed E-state index contributed by atoms with van der Waals surface area (Å²) >= 11 is 7.64. The number of thioether (sulfide) groups is 1. The van der Waals surface area contributed by atoms with E-state index in [4.69, 9.17) is 16.3 Å². The summed E-state index contributed by atoms with van der Waals surface area (Å²) in [6, 6.07) is 11.8. The van der Waals surface area contributed by atoms with Crippen LogP contribution in [0, 0.1) is 0 Å². The minimum absolute atomic E-state index is 0.107. The highest BCUT2D eigenvalue weighted by molar-refractivity contribution is 7.98. The predicted molar refractivity (Wildman–Crippen MR) is 95.0 cm³/mol. The normalized spacial score (nSPS) is 12.9. The van der Waals surface area contributed by atoms with E-state index in [1.54, 1.807) is 18.7 Å². The Hall–Kier alpha value is -1.21. The molecule has 0 saturated heterocycles. The number of hydrogen-bond donors (Lipinski definition) is 1. The maximum atomic E-state index is 12.5. The molecule has 0 spiro atoms. The molecule has 0 unspecified atom stereocenters. The summed E-state index contributed by atoms with van der Waals surface area (Å²) in [5.41, 5.74) is 0.894. The SMILES string of the molecule is COc1ccc(S(=O)(=O)N[C@@H](C)c2ccc(SC)cc2)cc1Cl. The van der Waals surface area contributed by atoms with Crippen LogP contribution in [0.15, 0.2) is 52.3 Å². The van der Waals surface area contributed by atoms with Gasteiger partial charge in [-0.25, -0.2) is 13.1 Å². The third-order valence-electron chi connectivity index (χ3n) is 3.38. The van der Waals surface area contributed by atoms with Gasteiger partial charge in [0.1, 0.15) is 5.75 Å². The zero-order chi connectivity index (χ0) is 17.0. The van der Waals surface area contributed by atoms with Gasteiger partial charge in [0.2, 0.25) is 10.0 Å². The fourth-order valence-corrected chi connectivity index (χ4v) is 4.06. The van der Waals surface area contributed by atoms with E-state index in [9.17, 15) is 8.42 Å². The van der Waals surface area contributed by atoms with Gasteiger partial charge in [-0.05, 0) is 49.1 Å². The Morgan fingerprint density at radius 1 is 1.17 bits per heavy atom. The van der Waals surface area contributed by atoms with Crippen LogP contribution in [0.5, 0.6) is 5.75 Å². The van der Waals surface area contributed by atoms with Gasteiger partial charge >= 0.3 is 0 Å². The molecule has 0 bridgehead atoms. The Morgan fingerprint density at radius 3 is 2.35 bits per heavy atom. The number of benzene rings is 2. The number of ether oxygens (including phenoxy) is 1. The number of methoxy groups -OCH3 is 1. The van der Waals surface area contributed by atoms with Crippen molar-refractivity contribution in [1.82, 2.24) is 4.72 Å². The van der Waals surface area contributed by atoms with Crippen molar-refractivity contribution in [2.24, 2.45) is 0 Å². The average molecular weight is 372 g/mol. The third-order valence-corrected chi connectivity index (χ3v) is 5.96. The van der Waals surface area contributed by atoms with Crippen LogP contribution in [0.3, 0.4) is 0 Å². The van der Waals surface area contributed by atoms with Gasteiger partial charge in [0.15, 0.2) is 0 Å². The van der Waals surface area contributed by atoms with Crippen molar-refractivity contribution in [2.45, 2.75) is 22.8 Å². The number of sulfonamides is 1. The van der Waals surface area contributed by atoms with Crippen LogP contribution >= 0.6 is 23.4 Å². The molecular weight excluding hydrogens is 354 g/mol. The summed E-state index contributed by atoms with van der Waals surface area (Å²) in [4.78, 5) is 1.24. The topological polar surface area (TPSA) is 55.4 Å². The van der Waals surface area contributed by atoms with Crippen LogP contribution in [0.4, 0.5) is 0 Å². The van der Waals surface area contributed by atoms with Crippen molar-refractivity contribution in [3.8, 4) is 5.75 Å². The average Bonchev–Trinajstić information content (AvgIpc) is 2.54. The fourth-order valence-electron chi connectivity index (χ4n) is 2.08. The van der Waals surface area contributed by atoms with Crippen LogP contribution in [0.25, 0.3) is 0 Å². The first-order chi connectivity index (χ1) is 10.9. The van der Waals surface area contributed by atoms with Gasteiger partial charge in [0.05, 0.1) is 17.0 Å². The molecule has 0 aromatic heterocycles. The molecule has 0 aliphatic heterocycles. The summed E-state index contributed by atoms with van der Waals surface area (Å²) < 4.78 is 32.6. The van der Waals surface area contributed by atoms with E-state index in [2.05, 4.69) is 4.72 Å². The van der Waals surface area contributed by atoms with E-state index in [0.29, 0.717) is 5.75 Å². The van der Waals surface area contributed by atoms with Gasteiger partial charge in [-0.15, -0.1) is 11.8 Å². The lowest BCUT2D eigenvalue weighted by Crippen LogP contribution is -2.26. The van der Waals surface area contributed by atoms with E-state index in [1.807, 2.05) is 30.5 Å². The fraction of sp³-hybridized carbons (Fsp3) is 0.250. The Balaban J connectivity index is 2.21. The highest BCUT2D eigenvalue weighted by Crippen LogP contribution is 2.28. The molecule has 124 valence electrons. The maximum Gasteiger partial charge on any atom is 0.241 e. The van der Waals surface area contributed by atoms with E-state index in [1.165, 1.54) is 25.3 Å². The lowest BCUT2D eigenvalue weighted by atomic mass is 10.1. The quantitative estimate of drug-likeness (QED) is 0.776. The summed E-state index contributed by atoms with van der Waals surface area (Å²) in [6.45, 7) is 1.80. The molecule has 0 radical (unpaired) electrons. The number of nitrogens with one attached hydrogen (secondary N) is 1. The van der Waals surface area contributed by atoms with Gasteiger partial charge in [0.25, 0.3) is 0 Å². The standard InChI is InChI=1S/C16H18ClNO3S2/c1-11(12-4-6-13(22-3)7-5-12)18-23(19,20)14-8-9-16(21-2)15(17)10-14/h4-11,18H,1-3H3/t11-/m0/s1. The van der Waals surface area contributed by atoms with Gasteiger partial charge < -0.3 is 4.74 Å². The second-order valence-electron chi connectivity index (χ2n) is 4.91. The zero-order valence-electron chi connectivity index (χ0n) is 13.0. The first kappa shape index (κ1) is 18.1. The molecule has 0 amide bonds. The Labute approximate surface area is 146 Å². The van der Waals surface area contributed by atoms with Crippen molar-refractivity contribution in [3.05, 3.63) is 53.1 Å². The van der Waals surface area contributed by atoms with Crippen molar-refractivity contribution in [1.29, 1.82) is 0 Å². The Kier molecular flexibility index (Phi) is 5.97. The predicted octanol–water partition coefficient (Wildman–Crippen LogP) is 4.11. The molecule has 7 heteroatoms. The smallest absolute Gasteiger partial charge is 0.241 e. The molecule has 0 aliphatic carbocycles. The third kappa shape index (κ3) is 4.41.